The molecule has 20 heavy (non-hydrogen) atoms. The minimum atomic E-state index is -0.447. The third-order valence-corrected chi connectivity index (χ3v) is 4.24. The van der Waals surface area contributed by atoms with Gasteiger partial charge in [-0.1, -0.05) is 6.07 Å². The summed E-state index contributed by atoms with van der Waals surface area (Å²) in [6.07, 6.45) is -0.0644. The van der Waals surface area contributed by atoms with E-state index in [0.29, 0.717) is 18.2 Å². The summed E-state index contributed by atoms with van der Waals surface area (Å²) in [5, 5.41) is 3.36. The van der Waals surface area contributed by atoms with Gasteiger partial charge in [0.15, 0.2) is 0 Å². The molecule has 2 aliphatic heterocycles. The fourth-order valence-electron chi connectivity index (χ4n) is 3.06. The number of halogens is 1. The van der Waals surface area contributed by atoms with E-state index in [4.69, 9.17) is 11.3 Å². The lowest BCUT2D eigenvalue weighted by Crippen LogP contribution is -2.57. The maximum absolute atomic E-state index is 13.6. The average molecular weight is 275 g/mol. The summed E-state index contributed by atoms with van der Waals surface area (Å²) >= 11 is 0. The molecule has 106 valence electrons. The second-order valence-corrected chi connectivity index (χ2v) is 5.40. The summed E-state index contributed by atoms with van der Waals surface area (Å²) in [7, 11) is 0. The van der Waals surface area contributed by atoms with Crippen LogP contribution in [0, 0.1) is 19.3 Å². The summed E-state index contributed by atoms with van der Waals surface area (Å²) in [6.45, 7) is 13.4. The third-order valence-electron chi connectivity index (χ3n) is 4.24. The number of morpholine rings is 1. The Morgan fingerprint density at radius 3 is 3.15 bits per heavy atom. The fraction of sp³-hybridized carbons (Fsp3) is 0.533. The van der Waals surface area contributed by atoms with Gasteiger partial charge in [-0.3, -0.25) is 4.90 Å². The summed E-state index contributed by atoms with van der Waals surface area (Å²) in [5.41, 5.74) is 1.77. The Bertz CT molecular complexity index is 555. The highest BCUT2D eigenvalue weighted by Crippen LogP contribution is 2.33. The predicted molar refractivity (Wildman–Crippen MR) is 74.3 cm³/mol. The maximum atomic E-state index is 13.6. The molecule has 2 fully saturated rings. The Kier molecular flexibility index (Phi) is 3.70. The molecule has 0 saturated carbocycles. The van der Waals surface area contributed by atoms with E-state index in [9.17, 15) is 4.39 Å². The van der Waals surface area contributed by atoms with Crippen LogP contribution in [0.15, 0.2) is 12.1 Å². The molecule has 1 aromatic rings. The van der Waals surface area contributed by atoms with Gasteiger partial charge in [0.2, 0.25) is 5.69 Å². The van der Waals surface area contributed by atoms with Gasteiger partial charge >= 0.3 is 0 Å². The van der Waals surface area contributed by atoms with Gasteiger partial charge in [0.25, 0.3) is 0 Å². The van der Waals surface area contributed by atoms with Gasteiger partial charge in [0.05, 0.1) is 19.3 Å². The van der Waals surface area contributed by atoms with Crippen molar-refractivity contribution in [2.45, 2.75) is 19.1 Å². The van der Waals surface area contributed by atoms with Gasteiger partial charge in [0.1, 0.15) is 5.82 Å². The van der Waals surface area contributed by atoms with Crippen molar-refractivity contribution in [1.29, 1.82) is 0 Å². The van der Waals surface area contributed by atoms with Crippen LogP contribution in [0.25, 0.3) is 4.85 Å². The number of nitrogens with one attached hydrogen (secondary N) is 1. The molecule has 1 N–H and O–H groups in total. The highest BCUT2D eigenvalue weighted by atomic mass is 19.1. The standard InChI is InChI=1S/C15H18FN3O/c1-10-12(3-4-13(16)15(10)17-2)14-8-19-6-5-18-7-11(19)9-20-14/h3-4,11,14,18H,5-9H2,1H3/t11-,14-/m0/s1. The summed E-state index contributed by atoms with van der Waals surface area (Å²) in [5.74, 6) is -0.447. The van der Waals surface area contributed by atoms with E-state index in [-0.39, 0.29) is 11.8 Å². The first-order chi connectivity index (χ1) is 9.70. The Morgan fingerprint density at radius 2 is 2.35 bits per heavy atom. The van der Waals surface area contributed by atoms with E-state index in [1.54, 1.807) is 13.0 Å². The molecule has 1 aromatic carbocycles. The van der Waals surface area contributed by atoms with Gasteiger partial charge in [-0.15, -0.1) is 0 Å². The van der Waals surface area contributed by atoms with E-state index < -0.39 is 5.82 Å². The zero-order valence-electron chi connectivity index (χ0n) is 11.5. The second-order valence-electron chi connectivity index (χ2n) is 5.40. The minimum Gasteiger partial charge on any atom is -0.371 e. The lowest BCUT2D eigenvalue weighted by molar-refractivity contribution is -0.0719. The Morgan fingerprint density at radius 1 is 1.50 bits per heavy atom. The Labute approximate surface area is 118 Å². The van der Waals surface area contributed by atoms with Gasteiger partial charge < -0.3 is 10.1 Å². The van der Waals surface area contributed by atoms with Crippen molar-refractivity contribution in [2.75, 3.05) is 32.8 Å². The number of ether oxygens (including phenoxy) is 1. The van der Waals surface area contributed by atoms with Gasteiger partial charge in [-0.05, 0) is 24.1 Å². The molecule has 3 rings (SSSR count). The smallest absolute Gasteiger partial charge is 0.225 e. The number of fused-ring (bicyclic) bond motifs is 1. The lowest BCUT2D eigenvalue weighted by atomic mass is 9.98. The van der Waals surface area contributed by atoms with Crippen molar-refractivity contribution in [1.82, 2.24) is 10.2 Å². The molecule has 0 radical (unpaired) electrons. The van der Waals surface area contributed by atoms with Crippen molar-refractivity contribution in [2.24, 2.45) is 0 Å². The highest BCUT2D eigenvalue weighted by molar-refractivity contribution is 5.56. The SMILES string of the molecule is [C-]#[N+]c1c(F)ccc([C@@H]2CN3CCNC[C@H]3CO2)c1C. The molecule has 5 heteroatoms. The first-order valence-corrected chi connectivity index (χ1v) is 6.93. The van der Waals surface area contributed by atoms with Crippen LogP contribution >= 0.6 is 0 Å². The number of piperazine rings is 1. The fourth-order valence-corrected chi connectivity index (χ4v) is 3.06. The van der Waals surface area contributed by atoms with E-state index in [0.717, 1.165) is 31.7 Å². The van der Waals surface area contributed by atoms with Crippen LogP contribution in [0.2, 0.25) is 0 Å². The molecule has 2 aliphatic rings. The van der Waals surface area contributed by atoms with Gasteiger partial charge in [-0.2, -0.15) is 0 Å². The van der Waals surface area contributed by atoms with Crippen LogP contribution in [0.4, 0.5) is 10.1 Å². The van der Waals surface area contributed by atoms with Crippen molar-refractivity contribution in [3.05, 3.63) is 40.5 Å². The Hall–Kier alpha value is -1.48. The van der Waals surface area contributed by atoms with Gasteiger partial charge in [-0.25, -0.2) is 9.24 Å². The first-order valence-electron chi connectivity index (χ1n) is 6.93. The van der Waals surface area contributed by atoms with E-state index in [1.807, 2.05) is 0 Å². The first kappa shape index (κ1) is 13.5. The summed E-state index contributed by atoms with van der Waals surface area (Å²) < 4.78 is 19.5. The molecule has 4 nitrogen and oxygen atoms in total. The number of rotatable bonds is 1. The molecule has 0 aromatic heterocycles. The van der Waals surface area contributed by atoms with Gasteiger partial charge in [0, 0.05) is 32.2 Å². The minimum absolute atomic E-state index is 0.0644. The molecule has 0 spiro atoms. The topological polar surface area (TPSA) is 28.9 Å². The van der Waals surface area contributed by atoms with Crippen molar-refractivity contribution in [3.63, 3.8) is 0 Å². The van der Waals surface area contributed by atoms with Crippen molar-refractivity contribution in [3.8, 4) is 0 Å². The molecule has 0 bridgehead atoms. The molecule has 2 heterocycles. The quantitative estimate of drug-likeness (QED) is 0.795. The van der Waals surface area contributed by atoms with E-state index in [1.165, 1.54) is 6.07 Å². The molecule has 2 saturated heterocycles. The van der Waals surface area contributed by atoms with E-state index >= 15 is 0 Å². The Balaban J connectivity index is 1.85. The van der Waals surface area contributed by atoms with Crippen LogP contribution in [0.1, 0.15) is 17.2 Å². The number of hydrogen-bond donors (Lipinski definition) is 1. The molecule has 0 amide bonds. The lowest BCUT2D eigenvalue weighted by Gasteiger charge is -2.43. The molecular formula is C15H18FN3O. The average Bonchev–Trinajstić information content (AvgIpc) is 2.47. The van der Waals surface area contributed by atoms with E-state index in [2.05, 4.69) is 15.1 Å². The van der Waals surface area contributed by atoms with Crippen LogP contribution in [-0.2, 0) is 4.74 Å². The maximum Gasteiger partial charge on any atom is 0.225 e. The number of nitrogens with zero attached hydrogens (tertiary/aromatic N) is 2. The van der Waals surface area contributed by atoms with Crippen molar-refractivity contribution < 1.29 is 9.13 Å². The predicted octanol–water partition coefficient (Wildman–Crippen LogP) is 2.03. The molecular weight excluding hydrogens is 257 g/mol. The third kappa shape index (κ3) is 2.31. The highest BCUT2D eigenvalue weighted by Gasteiger charge is 2.32. The summed E-state index contributed by atoms with van der Waals surface area (Å²) in [4.78, 5) is 5.72. The molecule has 0 aliphatic carbocycles. The molecule has 0 unspecified atom stereocenters. The van der Waals surface area contributed by atoms with Crippen LogP contribution in [0.5, 0.6) is 0 Å². The van der Waals surface area contributed by atoms with Crippen LogP contribution < -0.4 is 5.32 Å². The summed E-state index contributed by atoms with van der Waals surface area (Å²) in [6, 6.07) is 3.57. The van der Waals surface area contributed by atoms with Crippen molar-refractivity contribution >= 4 is 5.69 Å². The monoisotopic (exact) mass is 275 g/mol. The van der Waals surface area contributed by atoms with Crippen LogP contribution in [0.3, 0.4) is 0 Å². The normalized spacial score (nSPS) is 26.9. The number of hydrogen-bond acceptors (Lipinski definition) is 3. The number of benzene rings is 1. The zero-order chi connectivity index (χ0) is 14.1. The zero-order valence-corrected chi connectivity index (χ0v) is 11.5. The van der Waals surface area contributed by atoms with Crippen LogP contribution in [-0.4, -0.2) is 43.7 Å². The second kappa shape index (κ2) is 5.49. The largest absolute Gasteiger partial charge is 0.371 e. The molecule has 2 atom stereocenters.